The first-order valence-corrected chi connectivity index (χ1v) is 8.06. The first-order chi connectivity index (χ1) is 8.75. The molecule has 0 bridgehead atoms. The van der Waals surface area contributed by atoms with Crippen LogP contribution >= 0.6 is 0 Å². The molecular formula is C13H26N4O2S. The summed E-state index contributed by atoms with van der Waals surface area (Å²) in [6.07, 6.45) is 0.707. The third-order valence-electron chi connectivity index (χ3n) is 2.86. The molecule has 0 aliphatic rings. The molecule has 1 heterocycles. The van der Waals surface area contributed by atoms with E-state index in [9.17, 15) is 8.42 Å². The van der Waals surface area contributed by atoms with Crippen LogP contribution in [-0.2, 0) is 17.1 Å². The van der Waals surface area contributed by atoms with Gasteiger partial charge in [0.1, 0.15) is 10.7 Å². The molecule has 3 N–H and O–H groups in total. The quantitative estimate of drug-likeness (QED) is 0.887. The number of sulfonamides is 1. The molecule has 0 spiro atoms. The summed E-state index contributed by atoms with van der Waals surface area (Å²) in [5.41, 5.74) is 5.68. The zero-order valence-corrected chi connectivity index (χ0v) is 14.2. The molecule has 1 aromatic heterocycles. The van der Waals surface area contributed by atoms with Crippen molar-refractivity contribution in [1.82, 2.24) is 14.5 Å². The third kappa shape index (κ3) is 3.96. The predicted molar refractivity (Wildman–Crippen MR) is 80.8 cm³/mol. The van der Waals surface area contributed by atoms with Gasteiger partial charge in [-0.3, -0.25) is 4.68 Å². The van der Waals surface area contributed by atoms with E-state index in [1.807, 2.05) is 13.8 Å². The van der Waals surface area contributed by atoms with Crippen LogP contribution in [0.2, 0.25) is 0 Å². The summed E-state index contributed by atoms with van der Waals surface area (Å²) in [7, 11) is -2.06. The number of rotatable bonds is 4. The molecule has 0 atom stereocenters. The fraction of sp³-hybridized carbons (Fsp3) is 0.769. The molecule has 0 saturated heterocycles. The lowest BCUT2D eigenvalue weighted by Crippen LogP contribution is -2.45. The monoisotopic (exact) mass is 302 g/mol. The van der Waals surface area contributed by atoms with Gasteiger partial charge in [-0.2, -0.15) is 5.10 Å². The van der Waals surface area contributed by atoms with Gasteiger partial charge in [0, 0.05) is 12.6 Å². The van der Waals surface area contributed by atoms with Crippen LogP contribution in [0.25, 0.3) is 0 Å². The molecule has 1 rings (SSSR count). The van der Waals surface area contributed by atoms with E-state index in [0.717, 1.165) is 0 Å². The Bertz CT molecular complexity index is 595. The summed E-state index contributed by atoms with van der Waals surface area (Å²) in [6, 6.07) is 0. The van der Waals surface area contributed by atoms with Gasteiger partial charge in [-0.1, -0.05) is 20.8 Å². The second-order valence-corrected chi connectivity index (χ2v) is 8.77. The van der Waals surface area contributed by atoms with Crippen molar-refractivity contribution in [2.24, 2.45) is 12.5 Å². The average molecular weight is 302 g/mol. The predicted octanol–water partition coefficient (Wildman–Crippen LogP) is 1.80. The van der Waals surface area contributed by atoms with E-state index < -0.39 is 15.6 Å². The molecule has 0 saturated carbocycles. The van der Waals surface area contributed by atoms with E-state index in [1.165, 1.54) is 4.68 Å². The summed E-state index contributed by atoms with van der Waals surface area (Å²) in [6.45, 7) is 11.6. The molecule has 0 aliphatic heterocycles. The molecule has 0 fully saturated rings. The van der Waals surface area contributed by atoms with E-state index in [2.05, 4.69) is 30.6 Å². The summed E-state index contributed by atoms with van der Waals surface area (Å²) in [5.74, 6) is 0.154. The molecular weight excluding hydrogens is 276 g/mol. The van der Waals surface area contributed by atoms with Crippen LogP contribution in [0.1, 0.15) is 46.7 Å². The van der Waals surface area contributed by atoms with Crippen molar-refractivity contribution in [3.63, 3.8) is 0 Å². The second-order valence-electron chi connectivity index (χ2n) is 7.15. The number of nitrogens with one attached hydrogen (secondary N) is 1. The van der Waals surface area contributed by atoms with Crippen molar-refractivity contribution in [2.45, 2.75) is 58.4 Å². The summed E-state index contributed by atoms with van der Waals surface area (Å²) in [4.78, 5) is 0.0713. The number of aryl methyl sites for hydroxylation is 2. The summed E-state index contributed by atoms with van der Waals surface area (Å²) in [5, 5.41) is 4.05. The van der Waals surface area contributed by atoms with Crippen LogP contribution < -0.4 is 10.5 Å². The maximum atomic E-state index is 12.5. The van der Waals surface area contributed by atoms with Gasteiger partial charge in [-0.25, -0.2) is 13.1 Å². The van der Waals surface area contributed by atoms with Crippen molar-refractivity contribution in [1.29, 1.82) is 0 Å². The molecule has 0 aromatic carbocycles. The minimum Gasteiger partial charge on any atom is -0.383 e. The molecule has 1 aromatic rings. The summed E-state index contributed by atoms with van der Waals surface area (Å²) < 4.78 is 29.2. The molecule has 0 aliphatic carbocycles. The lowest BCUT2D eigenvalue weighted by atomic mass is 9.82. The van der Waals surface area contributed by atoms with Gasteiger partial charge in [0.15, 0.2) is 0 Å². The highest BCUT2D eigenvalue weighted by Crippen LogP contribution is 2.29. The van der Waals surface area contributed by atoms with E-state index in [1.54, 1.807) is 14.0 Å². The molecule has 6 nitrogen and oxygen atoms in total. The number of nitrogens with zero attached hydrogens (tertiary/aromatic N) is 2. The highest BCUT2D eigenvalue weighted by Gasteiger charge is 2.33. The normalized spacial score (nSPS) is 13.8. The maximum Gasteiger partial charge on any atom is 0.246 e. The second kappa shape index (κ2) is 5.04. The van der Waals surface area contributed by atoms with Crippen LogP contribution in [0.3, 0.4) is 0 Å². The number of hydrogen-bond acceptors (Lipinski definition) is 4. The lowest BCUT2D eigenvalue weighted by molar-refractivity contribution is 0.269. The van der Waals surface area contributed by atoms with Crippen molar-refractivity contribution < 1.29 is 8.42 Å². The highest BCUT2D eigenvalue weighted by molar-refractivity contribution is 7.89. The Balaban J connectivity index is 3.13. The highest BCUT2D eigenvalue weighted by atomic mass is 32.2. The zero-order chi connectivity index (χ0) is 15.9. The van der Waals surface area contributed by atoms with E-state index >= 15 is 0 Å². The number of aromatic nitrogens is 2. The topological polar surface area (TPSA) is 90.0 Å². The Morgan fingerprint density at radius 2 is 1.75 bits per heavy atom. The van der Waals surface area contributed by atoms with Crippen LogP contribution in [0.15, 0.2) is 4.90 Å². The van der Waals surface area contributed by atoms with Gasteiger partial charge in [-0.05, 0) is 32.6 Å². The average Bonchev–Trinajstić information content (AvgIpc) is 2.33. The largest absolute Gasteiger partial charge is 0.383 e. The van der Waals surface area contributed by atoms with E-state index in [-0.39, 0.29) is 16.1 Å². The van der Waals surface area contributed by atoms with Crippen LogP contribution in [0, 0.1) is 12.3 Å². The first-order valence-electron chi connectivity index (χ1n) is 6.58. The van der Waals surface area contributed by atoms with Gasteiger partial charge in [-0.15, -0.1) is 0 Å². The van der Waals surface area contributed by atoms with Gasteiger partial charge in [0.05, 0.1) is 5.69 Å². The molecule has 0 radical (unpaired) electrons. The fourth-order valence-electron chi connectivity index (χ4n) is 2.77. The molecule has 20 heavy (non-hydrogen) atoms. The lowest BCUT2D eigenvalue weighted by Gasteiger charge is -2.32. The van der Waals surface area contributed by atoms with E-state index in [4.69, 9.17) is 5.73 Å². The fourth-order valence-corrected chi connectivity index (χ4v) is 4.50. The molecule has 7 heteroatoms. The van der Waals surface area contributed by atoms with Gasteiger partial charge < -0.3 is 5.73 Å². The van der Waals surface area contributed by atoms with Crippen LogP contribution in [0.4, 0.5) is 5.82 Å². The van der Waals surface area contributed by atoms with E-state index in [0.29, 0.717) is 12.1 Å². The van der Waals surface area contributed by atoms with Crippen LogP contribution in [0.5, 0.6) is 0 Å². The first kappa shape index (κ1) is 17.0. The van der Waals surface area contributed by atoms with Crippen molar-refractivity contribution in [2.75, 3.05) is 5.73 Å². The van der Waals surface area contributed by atoms with Gasteiger partial charge in [0.2, 0.25) is 10.0 Å². The standard InChI is InChI=1S/C13H26N4O2S/c1-9-10(11(14)17(7)15-9)20(18,19)16-13(5,6)8-12(2,3)4/h16H,8,14H2,1-7H3. The molecule has 116 valence electrons. The van der Waals surface area contributed by atoms with Gasteiger partial charge >= 0.3 is 0 Å². The molecule has 0 unspecified atom stereocenters. The maximum absolute atomic E-state index is 12.5. The van der Waals surface area contributed by atoms with Crippen molar-refractivity contribution >= 4 is 15.8 Å². The van der Waals surface area contributed by atoms with Gasteiger partial charge in [0.25, 0.3) is 0 Å². The Hall–Kier alpha value is -1.08. The van der Waals surface area contributed by atoms with Crippen molar-refractivity contribution in [3.8, 4) is 0 Å². The van der Waals surface area contributed by atoms with Crippen LogP contribution in [-0.4, -0.2) is 23.7 Å². The smallest absolute Gasteiger partial charge is 0.246 e. The zero-order valence-electron chi connectivity index (χ0n) is 13.4. The SMILES string of the molecule is Cc1nn(C)c(N)c1S(=O)(=O)NC(C)(C)CC(C)(C)C. The Morgan fingerprint density at radius 1 is 1.25 bits per heavy atom. The number of anilines is 1. The minimum atomic E-state index is -3.69. The third-order valence-corrected chi connectivity index (χ3v) is 4.72. The molecule has 0 amide bonds. The Labute approximate surface area is 121 Å². The minimum absolute atomic E-state index is 0.0154. The number of nitrogens with two attached hydrogens (primary N) is 1. The number of hydrogen-bond donors (Lipinski definition) is 2. The summed E-state index contributed by atoms with van der Waals surface area (Å²) >= 11 is 0. The van der Waals surface area contributed by atoms with Crippen molar-refractivity contribution in [3.05, 3.63) is 5.69 Å². The Morgan fingerprint density at radius 3 is 2.10 bits per heavy atom. The number of nitrogen functional groups attached to an aromatic ring is 1. The Kier molecular flexibility index (Phi) is 4.27.